The summed E-state index contributed by atoms with van der Waals surface area (Å²) in [5.41, 5.74) is -0.802. The molecule has 0 aliphatic heterocycles. The van der Waals surface area contributed by atoms with Crippen molar-refractivity contribution in [3.63, 3.8) is 0 Å². The number of hydrogen-bond acceptors (Lipinski definition) is 1. The fourth-order valence-corrected chi connectivity index (χ4v) is 1.28. The molecule has 17 heavy (non-hydrogen) atoms. The van der Waals surface area contributed by atoms with E-state index in [-0.39, 0.29) is 10.8 Å². The lowest BCUT2D eigenvalue weighted by molar-refractivity contribution is 1.57. The van der Waals surface area contributed by atoms with Crippen LogP contribution in [0.15, 0.2) is 72.5 Å². The normalized spacial score (nSPS) is 20.2. The van der Waals surface area contributed by atoms with Crippen LogP contribution >= 0.6 is 0 Å². The Kier molecular flexibility index (Phi) is 0.850. The molecule has 3 aromatic rings. The number of hydrogen-bond donors (Lipinski definition) is 1. The topological polar surface area (TPSA) is 12.0 Å². The van der Waals surface area contributed by atoms with Crippen LogP contribution in [-0.4, -0.2) is 0 Å². The van der Waals surface area contributed by atoms with Gasteiger partial charge in [0.15, 0.2) is 0 Å². The minimum Gasteiger partial charge on any atom is -0.356 e. The highest BCUT2D eigenvalue weighted by Crippen LogP contribution is 2.21. The number of nitrogens with one attached hydrogen (secondary N) is 1. The van der Waals surface area contributed by atoms with E-state index >= 15 is 0 Å². The Hall–Kier alpha value is -2.28. The zero-order chi connectivity index (χ0) is 21.9. The van der Waals surface area contributed by atoms with E-state index in [9.17, 15) is 0 Å². The molecule has 0 saturated carbocycles. The van der Waals surface area contributed by atoms with Gasteiger partial charge in [-0.1, -0.05) is 48.3 Å². The number of anilines is 2. The molecule has 0 aromatic heterocycles. The lowest BCUT2D eigenvalue weighted by Gasteiger charge is -2.07. The molecule has 0 unspecified atom stereocenters. The molecule has 0 aliphatic carbocycles. The van der Waals surface area contributed by atoms with Crippen molar-refractivity contribution in [1.29, 1.82) is 0 Å². The molecule has 82 valence electrons. The van der Waals surface area contributed by atoms with E-state index in [2.05, 4.69) is 5.32 Å². The molecule has 3 rings (SSSR count). The first-order valence-corrected chi connectivity index (χ1v) is 4.75. The van der Waals surface area contributed by atoms with Crippen LogP contribution in [0, 0.1) is 0 Å². The molecule has 0 saturated heterocycles. The van der Waals surface area contributed by atoms with Crippen molar-refractivity contribution in [1.82, 2.24) is 0 Å². The average Bonchev–Trinajstić information content (AvgIpc) is 2.69. The van der Waals surface area contributed by atoms with E-state index in [0.717, 1.165) is 0 Å². The third kappa shape index (κ3) is 2.13. The SMILES string of the molecule is [2H]c1c([2H])c([2H])c(Nc2c([2H])c([2H])c3c([2H])c([2H])c([2H])c([2H])c3c2[2H])c([2H])c1[2H]. The molecule has 1 N–H and O–H groups in total. The van der Waals surface area contributed by atoms with Crippen molar-refractivity contribution in [3.05, 3.63) is 72.5 Å². The molecule has 0 aliphatic rings. The Labute approximate surface area is 118 Å². The summed E-state index contributed by atoms with van der Waals surface area (Å²) in [5.74, 6) is 0. The summed E-state index contributed by atoms with van der Waals surface area (Å²) in [6.45, 7) is 0. The van der Waals surface area contributed by atoms with Gasteiger partial charge in [0.25, 0.3) is 0 Å². The first kappa shape index (κ1) is 3.36. The predicted molar refractivity (Wildman–Crippen MR) is 73.7 cm³/mol. The molecule has 0 fully saturated rings. The quantitative estimate of drug-likeness (QED) is 0.680. The molecule has 1 nitrogen and oxygen atoms in total. The predicted octanol–water partition coefficient (Wildman–Crippen LogP) is 4.58. The van der Waals surface area contributed by atoms with Gasteiger partial charge in [-0.15, -0.1) is 0 Å². The number of fused-ring (bicyclic) bond motifs is 1. The Balaban J connectivity index is 2.40. The van der Waals surface area contributed by atoms with Crippen molar-refractivity contribution in [2.24, 2.45) is 0 Å². The lowest BCUT2D eigenvalue weighted by Crippen LogP contribution is -1.89. The highest BCUT2D eigenvalue weighted by atomic mass is 14.9. The van der Waals surface area contributed by atoms with Crippen LogP contribution in [-0.2, 0) is 0 Å². The molecule has 0 atom stereocenters. The van der Waals surface area contributed by atoms with Gasteiger partial charge >= 0.3 is 0 Å². The summed E-state index contributed by atoms with van der Waals surface area (Å²) in [6, 6.07) is -7.10. The minimum atomic E-state index is -0.625. The van der Waals surface area contributed by atoms with Crippen molar-refractivity contribution in [2.45, 2.75) is 0 Å². The lowest BCUT2D eigenvalue weighted by atomic mass is 10.1. The van der Waals surface area contributed by atoms with Crippen LogP contribution in [0.5, 0.6) is 0 Å². The number of rotatable bonds is 2. The van der Waals surface area contributed by atoms with Crippen LogP contribution in [0.2, 0.25) is 0 Å². The molecular formula is C16H13N. The van der Waals surface area contributed by atoms with E-state index in [4.69, 9.17) is 16.4 Å². The Morgan fingerprint density at radius 1 is 0.647 bits per heavy atom. The highest BCUT2D eigenvalue weighted by molar-refractivity contribution is 5.86. The van der Waals surface area contributed by atoms with Crippen LogP contribution in [0.3, 0.4) is 0 Å². The van der Waals surface area contributed by atoms with Gasteiger partial charge in [-0.2, -0.15) is 0 Å². The zero-order valence-corrected chi connectivity index (χ0v) is 8.50. The summed E-state index contributed by atoms with van der Waals surface area (Å²) >= 11 is 0. The molecular weight excluding hydrogens is 206 g/mol. The van der Waals surface area contributed by atoms with E-state index in [1.54, 1.807) is 0 Å². The fraction of sp³-hybridized carbons (Fsp3) is 0. The Morgan fingerprint density at radius 2 is 1.35 bits per heavy atom. The zero-order valence-electron chi connectivity index (χ0n) is 20.5. The third-order valence-electron chi connectivity index (χ3n) is 2.00. The van der Waals surface area contributed by atoms with Crippen molar-refractivity contribution in [3.8, 4) is 0 Å². The van der Waals surface area contributed by atoms with Gasteiger partial charge < -0.3 is 5.32 Å². The monoisotopic (exact) mass is 231 g/mol. The van der Waals surface area contributed by atoms with Crippen molar-refractivity contribution >= 4 is 22.1 Å². The molecule has 3 aromatic carbocycles. The Bertz CT molecular complexity index is 1170. The first-order valence-electron chi connectivity index (χ1n) is 10.8. The van der Waals surface area contributed by atoms with Gasteiger partial charge in [0.1, 0.15) is 0 Å². The third-order valence-corrected chi connectivity index (χ3v) is 2.00. The Morgan fingerprint density at radius 3 is 2.18 bits per heavy atom. The standard InChI is InChI=1S/C16H13N/c1-2-8-15(9-3-1)17-16-11-10-13-6-4-5-7-14(13)12-16/h1-12,17H/i1D,2D,3D,4D,5D,6D,7D,8D,9D,10D,11D,12D. The van der Waals surface area contributed by atoms with Gasteiger partial charge in [-0.05, 0) is 34.9 Å². The summed E-state index contributed by atoms with van der Waals surface area (Å²) in [6.07, 6.45) is 0. The molecule has 0 spiro atoms. The van der Waals surface area contributed by atoms with Crippen molar-refractivity contribution < 1.29 is 16.4 Å². The van der Waals surface area contributed by atoms with E-state index in [1.165, 1.54) is 0 Å². The molecule has 0 bridgehead atoms. The average molecular weight is 231 g/mol. The van der Waals surface area contributed by atoms with E-state index in [1.807, 2.05) is 0 Å². The fourth-order valence-electron chi connectivity index (χ4n) is 1.28. The first-order chi connectivity index (χ1) is 13.4. The highest BCUT2D eigenvalue weighted by Gasteiger charge is 1.96. The van der Waals surface area contributed by atoms with Gasteiger partial charge in [0.2, 0.25) is 0 Å². The van der Waals surface area contributed by atoms with Gasteiger partial charge in [-0.3, -0.25) is 0 Å². The summed E-state index contributed by atoms with van der Waals surface area (Å²) in [5, 5.41) is 1.86. The van der Waals surface area contributed by atoms with E-state index in [0.29, 0.717) is 0 Å². The van der Waals surface area contributed by atoms with Crippen LogP contribution in [0.4, 0.5) is 11.4 Å². The smallest absolute Gasteiger partial charge is 0.0651 e. The van der Waals surface area contributed by atoms with Gasteiger partial charge in [-0.25, -0.2) is 0 Å². The molecule has 1 heteroatoms. The van der Waals surface area contributed by atoms with E-state index < -0.39 is 83.9 Å². The van der Waals surface area contributed by atoms with Crippen LogP contribution in [0.1, 0.15) is 16.4 Å². The van der Waals surface area contributed by atoms with Crippen LogP contribution < -0.4 is 5.32 Å². The van der Waals surface area contributed by atoms with Gasteiger partial charge in [0.05, 0.1) is 16.4 Å². The maximum atomic E-state index is 8.35. The molecule has 0 heterocycles. The largest absolute Gasteiger partial charge is 0.356 e. The van der Waals surface area contributed by atoms with Crippen molar-refractivity contribution in [2.75, 3.05) is 5.32 Å². The second-order valence-electron chi connectivity index (χ2n) is 3.12. The number of benzene rings is 3. The summed E-state index contributed by atoms with van der Waals surface area (Å²) < 4.78 is 95.2. The van der Waals surface area contributed by atoms with Gasteiger partial charge in [0, 0.05) is 11.4 Å². The number of para-hydroxylation sites is 1. The summed E-state index contributed by atoms with van der Waals surface area (Å²) in [7, 11) is 0. The van der Waals surface area contributed by atoms with Crippen LogP contribution in [0.25, 0.3) is 10.8 Å². The molecule has 0 radical (unpaired) electrons. The molecule has 0 amide bonds. The second kappa shape index (κ2) is 4.30. The second-order valence-corrected chi connectivity index (χ2v) is 3.12. The maximum absolute atomic E-state index is 8.35. The minimum absolute atomic E-state index is 0.294. The summed E-state index contributed by atoms with van der Waals surface area (Å²) in [4.78, 5) is 0. The maximum Gasteiger partial charge on any atom is 0.0651 e.